The number of hydrogen-bond donors (Lipinski definition) is 1. The molecule has 3 aromatic rings. The summed E-state index contributed by atoms with van der Waals surface area (Å²) in [6.07, 6.45) is 0.706. The van der Waals surface area contributed by atoms with Crippen molar-refractivity contribution in [2.24, 2.45) is 0 Å². The first-order valence-corrected chi connectivity index (χ1v) is 16.0. The van der Waals surface area contributed by atoms with Crippen LogP contribution in [-0.4, -0.2) is 72.2 Å². The molecule has 0 aliphatic rings. The molecule has 0 saturated carbocycles. The van der Waals surface area contributed by atoms with Gasteiger partial charge in [0.1, 0.15) is 24.1 Å². The molecule has 0 radical (unpaired) electrons. The van der Waals surface area contributed by atoms with Gasteiger partial charge in [-0.15, -0.1) is 0 Å². The highest BCUT2D eigenvalue weighted by molar-refractivity contribution is 7.92. The van der Waals surface area contributed by atoms with Gasteiger partial charge in [0.25, 0.3) is 10.0 Å². The minimum atomic E-state index is -4.43. The molecule has 2 amide bonds. The number of amides is 2. The summed E-state index contributed by atoms with van der Waals surface area (Å²) in [5.74, 6) is 0.130. The number of anilines is 1. The Hall–Kier alpha value is -4.45. The van der Waals surface area contributed by atoms with Gasteiger partial charge in [0.05, 0.1) is 39.0 Å². The van der Waals surface area contributed by atoms with Crippen molar-refractivity contribution in [1.29, 1.82) is 0 Å². The van der Waals surface area contributed by atoms with Gasteiger partial charge in [0, 0.05) is 24.7 Å². The molecule has 0 aliphatic heterocycles. The molecule has 0 saturated heterocycles. The highest BCUT2D eigenvalue weighted by Gasteiger charge is 2.35. The van der Waals surface area contributed by atoms with Crippen molar-refractivity contribution in [3.8, 4) is 23.0 Å². The predicted octanol–water partition coefficient (Wildman–Crippen LogP) is 4.56. The first-order valence-electron chi connectivity index (χ1n) is 14.5. The van der Waals surface area contributed by atoms with E-state index in [1.165, 1.54) is 57.6 Å². The van der Waals surface area contributed by atoms with E-state index in [0.29, 0.717) is 17.9 Å². The Balaban J connectivity index is 2.18. The van der Waals surface area contributed by atoms with Crippen molar-refractivity contribution in [2.75, 3.05) is 39.3 Å². The number of nitrogens with zero attached hydrogens (tertiary/aromatic N) is 2. The number of sulfonamides is 1. The molecule has 244 valence electrons. The smallest absolute Gasteiger partial charge is 0.265 e. The Morgan fingerprint density at radius 2 is 1.49 bits per heavy atom. The summed E-state index contributed by atoms with van der Waals surface area (Å²) in [6, 6.07) is 15.3. The van der Waals surface area contributed by atoms with Crippen LogP contribution in [0.2, 0.25) is 0 Å². The molecular weight excluding hydrogens is 598 g/mol. The lowest BCUT2D eigenvalue weighted by atomic mass is 10.1. The van der Waals surface area contributed by atoms with E-state index in [-0.39, 0.29) is 40.6 Å². The second-order valence-electron chi connectivity index (χ2n) is 10.5. The fourth-order valence-corrected chi connectivity index (χ4v) is 6.06. The van der Waals surface area contributed by atoms with Crippen LogP contribution in [0, 0.1) is 6.92 Å². The van der Waals surface area contributed by atoms with Gasteiger partial charge >= 0.3 is 0 Å². The molecule has 1 N–H and O–H groups in total. The Morgan fingerprint density at radius 3 is 2.09 bits per heavy atom. The van der Waals surface area contributed by atoms with Crippen LogP contribution in [-0.2, 0) is 26.2 Å². The first kappa shape index (κ1) is 35.0. The van der Waals surface area contributed by atoms with Gasteiger partial charge in [-0.1, -0.05) is 31.2 Å². The molecule has 0 bridgehead atoms. The van der Waals surface area contributed by atoms with E-state index in [0.717, 1.165) is 15.4 Å². The number of carbonyl (C=O) groups excluding carboxylic acids is 2. The van der Waals surface area contributed by atoms with Gasteiger partial charge in [0.15, 0.2) is 11.5 Å². The lowest BCUT2D eigenvalue weighted by Crippen LogP contribution is -2.52. The topological polar surface area (TPSA) is 124 Å². The summed E-state index contributed by atoms with van der Waals surface area (Å²) >= 11 is 0. The maximum absolute atomic E-state index is 14.4. The van der Waals surface area contributed by atoms with E-state index in [1.807, 2.05) is 45.0 Å². The summed E-state index contributed by atoms with van der Waals surface area (Å²) in [6.45, 7) is 6.81. The molecule has 2 atom stereocenters. The molecule has 0 aromatic heterocycles. The van der Waals surface area contributed by atoms with Crippen LogP contribution in [0.25, 0.3) is 0 Å². The van der Waals surface area contributed by atoms with Crippen LogP contribution < -0.4 is 28.6 Å². The molecule has 3 aromatic carbocycles. The van der Waals surface area contributed by atoms with Gasteiger partial charge in [-0.25, -0.2) is 8.42 Å². The number of methoxy groups -OCH3 is 4. The summed E-state index contributed by atoms with van der Waals surface area (Å²) in [5.41, 5.74) is 1.82. The number of nitrogens with one attached hydrogen (secondary N) is 1. The number of carbonyl (C=O) groups is 2. The maximum Gasteiger partial charge on any atom is 0.265 e. The SMILES string of the molecule is CC[C@H](C)NC(=O)[C@@H](C)N(Cc1ccccc1C)C(=O)CN(c1cc(OC)ccc1OC)S(=O)(=O)c1ccc(OC)c(OC)c1. The van der Waals surface area contributed by atoms with E-state index >= 15 is 0 Å². The number of ether oxygens (including phenoxy) is 4. The molecule has 0 fully saturated rings. The van der Waals surface area contributed by atoms with E-state index in [1.54, 1.807) is 19.1 Å². The summed E-state index contributed by atoms with van der Waals surface area (Å²) in [5, 5.41) is 2.94. The van der Waals surface area contributed by atoms with Crippen molar-refractivity contribution < 1.29 is 37.0 Å². The zero-order valence-corrected chi connectivity index (χ0v) is 27.9. The lowest BCUT2D eigenvalue weighted by molar-refractivity contribution is -0.139. The molecular formula is C33H43N3O8S. The molecule has 0 heterocycles. The maximum atomic E-state index is 14.4. The Morgan fingerprint density at radius 1 is 0.844 bits per heavy atom. The first-order chi connectivity index (χ1) is 21.4. The van der Waals surface area contributed by atoms with E-state index < -0.39 is 28.5 Å². The fourth-order valence-electron chi connectivity index (χ4n) is 4.63. The van der Waals surface area contributed by atoms with Crippen molar-refractivity contribution in [3.63, 3.8) is 0 Å². The van der Waals surface area contributed by atoms with Gasteiger partial charge in [-0.05, 0) is 62.6 Å². The van der Waals surface area contributed by atoms with Crippen LogP contribution in [0.4, 0.5) is 5.69 Å². The molecule has 0 unspecified atom stereocenters. The van der Waals surface area contributed by atoms with Crippen molar-refractivity contribution in [3.05, 3.63) is 71.8 Å². The van der Waals surface area contributed by atoms with Crippen LogP contribution in [0.15, 0.2) is 65.6 Å². The molecule has 12 heteroatoms. The second-order valence-corrected chi connectivity index (χ2v) is 12.4. The number of hydrogen-bond acceptors (Lipinski definition) is 8. The van der Waals surface area contributed by atoms with Crippen molar-refractivity contribution in [1.82, 2.24) is 10.2 Å². The quantitative estimate of drug-likeness (QED) is 0.256. The predicted molar refractivity (Wildman–Crippen MR) is 173 cm³/mol. The van der Waals surface area contributed by atoms with Gasteiger partial charge < -0.3 is 29.2 Å². The normalized spacial score (nSPS) is 12.4. The number of benzene rings is 3. The standard InChI is InChI=1S/C33H43N3O8S/c1-9-23(3)34-33(38)24(4)35(20-25-13-11-10-12-22(25)2)32(37)21-36(28-18-26(41-5)14-16-29(28)42-6)45(39,40)27-15-17-30(43-7)31(19-27)44-8/h10-19,23-24H,9,20-21H2,1-8H3,(H,34,38)/t23-,24+/m0/s1. The number of rotatable bonds is 15. The Kier molecular flexibility index (Phi) is 12.1. The number of aryl methyl sites for hydroxylation is 1. The summed E-state index contributed by atoms with van der Waals surface area (Å²) in [4.78, 5) is 28.9. The average Bonchev–Trinajstić information content (AvgIpc) is 3.05. The van der Waals surface area contributed by atoms with Crippen LogP contribution in [0.3, 0.4) is 0 Å². The zero-order chi connectivity index (χ0) is 33.3. The highest BCUT2D eigenvalue weighted by Crippen LogP contribution is 2.37. The van der Waals surface area contributed by atoms with Gasteiger partial charge in [-0.2, -0.15) is 0 Å². The Labute approximate surface area is 266 Å². The molecule has 0 spiro atoms. The van der Waals surface area contributed by atoms with E-state index in [4.69, 9.17) is 18.9 Å². The minimum Gasteiger partial charge on any atom is -0.497 e. The van der Waals surface area contributed by atoms with Crippen LogP contribution in [0.5, 0.6) is 23.0 Å². The van der Waals surface area contributed by atoms with E-state index in [9.17, 15) is 18.0 Å². The lowest BCUT2D eigenvalue weighted by Gasteiger charge is -2.33. The summed E-state index contributed by atoms with van der Waals surface area (Å²) < 4.78 is 51.4. The molecule has 45 heavy (non-hydrogen) atoms. The largest absolute Gasteiger partial charge is 0.497 e. The van der Waals surface area contributed by atoms with Crippen molar-refractivity contribution >= 4 is 27.5 Å². The minimum absolute atomic E-state index is 0.0764. The second kappa shape index (κ2) is 15.5. The third kappa shape index (κ3) is 8.18. The third-order valence-electron chi connectivity index (χ3n) is 7.65. The van der Waals surface area contributed by atoms with Gasteiger partial charge in [0.2, 0.25) is 11.8 Å². The molecule has 0 aliphatic carbocycles. The average molecular weight is 642 g/mol. The summed E-state index contributed by atoms with van der Waals surface area (Å²) in [7, 11) is 1.26. The Bertz CT molecular complexity index is 1590. The molecule has 11 nitrogen and oxygen atoms in total. The van der Waals surface area contributed by atoms with Crippen LogP contribution in [0.1, 0.15) is 38.3 Å². The molecule has 3 rings (SSSR count). The monoisotopic (exact) mass is 641 g/mol. The zero-order valence-electron chi connectivity index (χ0n) is 27.1. The fraction of sp³-hybridized carbons (Fsp3) is 0.394. The highest BCUT2D eigenvalue weighted by atomic mass is 32.2. The van der Waals surface area contributed by atoms with E-state index in [2.05, 4.69) is 5.32 Å². The third-order valence-corrected chi connectivity index (χ3v) is 9.40. The van der Waals surface area contributed by atoms with Crippen LogP contribution >= 0.6 is 0 Å². The van der Waals surface area contributed by atoms with Gasteiger partial charge in [-0.3, -0.25) is 13.9 Å². The van der Waals surface area contributed by atoms with Crippen molar-refractivity contribution in [2.45, 2.75) is 57.6 Å².